The van der Waals surface area contributed by atoms with Crippen LogP contribution in [0.2, 0.25) is 0 Å². The first kappa shape index (κ1) is 19.8. The van der Waals surface area contributed by atoms with Gasteiger partial charge in [0.15, 0.2) is 0 Å². The van der Waals surface area contributed by atoms with Gasteiger partial charge in [-0.2, -0.15) is 5.26 Å². The van der Waals surface area contributed by atoms with Crippen LogP contribution in [0.25, 0.3) is 28.2 Å². The fourth-order valence-corrected chi connectivity index (χ4v) is 4.10. The summed E-state index contributed by atoms with van der Waals surface area (Å²) >= 11 is 0. The fraction of sp³-hybridized carbons (Fsp3) is 0.280. The molecule has 0 spiro atoms. The number of H-pyrrole nitrogens is 1. The highest BCUT2D eigenvalue weighted by atomic mass is 16.5. The standard InChI is InChI=1S/C25H25N3O2/c1-30-20-12-13-23-21(15-20)22(24(28-23)17-8-4-2-5-9-17)14-18(16-26)25(29)27-19-10-6-3-7-11-19/h2,4-5,8-9,12-15,19,28H,3,6-7,10-11H2,1H3,(H,27,29)/b18-14+. The van der Waals surface area contributed by atoms with Gasteiger partial charge in [-0.3, -0.25) is 4.79 Å². The van der Waals surface area contributed by atoms with E-state index in [1.54, 1.807) is 13.2 Å². The van der Waals surface area contributed by atoms with Gasteiger partial charge >= 0.3 is 0 Å². The highest BCUT2D eigenvalue weighted by molar-refractivity contribution is 6.06. The molecule has 1 aliphatic carbocycles. The number of nitriles is 1. The highest BCUT2D eigenvalue weighted by Gasteiger charge is 2.20. The van der Waals surface area contributed by atoms with E-state index in [1.807, 2.05) is 48.5 Å². The van der Waals surface area contributed by atoms with Gasteiger partial charge in [-0.15, -0.1) is 0 Å². The number of methoxy groups -OCH3 is 1. The Balaban J connectivity index is 1.78. The zero-order valence-corrected chi connectivity index (χ0v) is 17.1. The zero-order chi connectivity index (χ0) is 20.9. The van der Waals surface area contributed by atoms with Crippen LogP contribution < -0.4 is 10.1 Å². The normalized spacial score (nSPS) is 15.0. The average Bonchev–Trinajstić information content (AvgIpc) is 3.16. The van der Waals surface area contributed by atoms with E-state index in [4.69, 9.17) is 4.74 Å². The summed E-state index contributed by atoms with van der Waals surface area (Å²) in [7, 11) is 1.62. The molecule has 1 fully saturated rings. The summed E-state index contributed by atoms with van der Waals surface area (Å²) in [5.41, 5.74) is 3.71. The SMILES string of the molecule is COc1ccc2[nH]c(-c3ccccc3)c(/C=C(\C#N)C(=O)NC3CCCCC3)c2c1. The van der Waals surface area contributed by atoms with Gasteiger partial charge in [0.1, 0.15) is 17.4 Å². The second kappa shape index (κ2) is 8.87. The lowest BCUT2D eigenvalue weighted by Gasteiger charge is -2.22. The molecular weight excluding hydrogens is 374 g/mol. The van der Waals surface area contributed by atoms with Crippen LogP contribution in [0.15, 0.2) is 54.1 Å². The van der Waals surface area contributed by atoms with Crippen molar-refractivity contribution in [1.82, 2.24) is 10.3 Å². The molecule has 0 atom stereocenters. The molecule has 5 heteroatoms. The molecule has 0 saturated heterocycles. The van der Waals surface area contributed by atoms with Gasteiger partial charge in [0.25, 0.3) is 5.91 Å². The maximum absolute atomic E-state index is 12.8. The number of nitrogens with one attached hydrogen (secondary N) is 2. The van der Waals surface area contributed by atoms with Crippen LogP contribution in [0.5, 0.6) is 5.75 Å². The lowest BCUT2D eigenvalue weighted by molar-refractivity contribution is -0.117. The first-order valence-electron chi connectivity index (χ1n) is 10.4. The Morgan fingerprint density at radius 3 is 2.63 bits per heavy atom. The molecule has 1 aromatic heterocycles. The monoisotopic (exact) mass is 399 g/mol. The van der Waals surface area contributed by atoms with Crippen molar-refractivity contribution in [3.8, 4) is 23.1 Å². The van der Waals surface area contributed by atoms with Crippen LogP contribution in [0.3, 0.4) is 0 Å². The zero-order valence-electron chi connectivity index (χ0n) is 17.1. The summed E-state index contributed by atoms with van der Waals surface area (Å²) < 4.78 is 5.39. The summed E-state index contributed by atoms with van der Waals surface area (Å²) in [5, 5.41) is 13.7. The molecule has 3 aromatic rings. The number of nitrogens with zero attached hydrogens (tertiary/aromatic N) is 1. The number of carbonyl (C=O) groups excluding carboxylic acids is 1. The maximum atomic E-state index is 12.8. The van der Waals surface area contributed by atoms with Crippen molar-refractivity contribution < 1.29 is 9.53 Å². The first-order chi connectivity index (χ1) is 14.7. The molecule has 5 nitrogen and oxygen atoms in total. The molecule has 4 rings (SSSR count). The summed E-state index contributed by atoms with van der Waals surface area (Å²) in [6, 6.07) is 17.9. The number of amides is 1. The van der Waals surface area contributed by atoms with Gasteiger partial charge in [0, 0.05) is 22.5 Å². The molecule has 0 radical (unpaired) electrons. The molecule has 0 unspecified atom stereocenters. The van der Waals surface area contributed by atoms with Gasteiger partial charge < -0.3 is 15.0 Å². The van der Waals surface area contributed by atoms with Crippen molar-refractivity contribution in [3.63, 3.8) is 0 Å². The van der Waals surface area contributed by atoms with Crippen LogP contribution in [0, 0.1) is 11.3 Å². The Labute approximate surface area is 176 Å². The number of aromatic nitrogens is 1. The summed E-state index contributed by atoms with van der Waals surface area (Å²) in [4.78, 5) is 16.3. The van der Waals surface area contributed by atoms with Gasteiger partial charge in [0.05, 0.1) is 12.8 Å². The van der Waals surface area contributed by atoms with E-state index in [-0.39, 0.29) is 17.5 Å². The number of aromatic amines is 1. The number of benzene rings is 2. The molecule has 1 aliphatic rings. The van der Waals surface area contributed by atoms with Crippen molar-refractivity contribution in [2.45, 2.75) is 38.1 Å². The van der Waals surface area contributed by atoms with E-state index in [9.17, 15) is 10.1 Å². The smallest absolute Gasteiger partial charge is 0.262 e. The van der Waals surface area contributed by atoms with Crippen LogP contribution in [-0.2, 0) is 4.79 Å². The molecule has 1 saturated carbocycles. The molecule has 1 amide bonds. The minimum Gasteiger partial charge on any atom is -0.497 e. The number of ether oxygens (including phenoxy) is 1. The minimum absolute atomic E-state index is 0.112. The van der Waals surface area contributed by atoms with Gasteiger partial charge in [-0.05, 0) is 42.7 Å². The van der Waals surface area contributed by atoms with Crippen molar-refractivity contribution in [3.05, 3.63) is 59.7 Å². The van der Waals surface area contributed by atoms with E-state index >= 15 is 0 Å². The van der Waals surface area contributed by atoms with E-state index in [1.165, 1.54) is 6.42 Å². The molecular formula is C25H25N3O2. The third-order valence-corrected chi connectivity index (χ3v) is 5.70. The van der Waals surface area contributed by atoms with Crippen molar-refractivity contribution in [2.75, 3.05) is 7.11 Å². The number of hydrogen-bond acceptors (Lipinski definition) is 3. The predicted molar refractivity (Wildman–Crippen MR) is 119 cm³/mol. The second-order valence-corrected chi connectivity index (χ2v) is 7.67. The maximum Gasteiger partial charge on any atom is 0.262 e. The topological polar surface area (TPSA) is 77.9 Å². The van der Waals surface area contributed by atoms with Crippen molar-refractivity contribution in [1.29, 1.82) is 5.26 Å². The van der Waals surface area contributed by atoms with Crippen LogP contribution in [0.1, 0.15) is 37.7 Å². The lowest BCUT2D eigenvalue weighted by atomic mass is 9.95. The molecule has 30 heavy (non-hydrogen) atoms. The Bertz CT molecular complexity index is 1120. The number of carbonyl (C=O) groups is 1. The second-order valence-electron chi connectivity index (χ2n) is 7.67. The minimum atomic E-state index is -0.305. The van der Waals surface area contributed by atoms with Gasteiger partial charge in [-0.1, -0.05) is 49.6 Å². The van der Waals surface area contributed by atoms with E-state index in [2.05, 4.69) is 16.4 Å². The fourth-order valence-electron chi connectivity index (χ4n) is 4.10. The van der Waals surface area contributed by atoms with Gasteiger partial charge in [0.2, 0.25) is 0 Å². The highest BCUT2D eigenvalue weighted by Crippen LogP contribution is 2.34. The Kier molecular flexibility index (Phi) is 5.85. The Morgan fingerprint density at radius 1 is 1.17 bits per heavy atom. The third kappa shape index (κ3) is 4.08. The molecule has 2 N–H and O–H groups in total. The van der Waals surface area contributed by atoms with Crippen molar-refractivity contribution in [2.24, 2.45) is 0 Å². The first-order valence-corrected chi connectivity index (χ1v) is 10.4. The van der Waals surface area contributed by atoms with Crippen LogP contribution in [-0.4, -0.2) is 24.0 Å². The number of fused-ring (bicyclic) bond motifs is 1. The van der Waals surface area contributed by atoms with Gasteiger partial charge in [-0.25, -0.2) is 0 Å². The van der Waals surface area contributed by atoms with E-state index in [0.717, 1.165) is 59.2 Å². The Hall–Kier alpha value is -3.52. The largest absolute Gasteiger partial charge is 0.497 e. The summed E-state index contributed by atoms with van der Waals surface area (Å²) in [6.07, 6.45) is 7.10. The number of rotatable bonds is 5. The van der Waals surface area contributed by atoms with Crippen LogP contribution in [0.4, 0.5) is 0 Å². The molecule has 0 bridgehead atoms. The molecule has 2 aromatic carbocycles. The predicted octanol–water partition coefficient (Wildman–Crippen LogP) is 5.20. The molecule has 0 aliphatic heterocycles. The molecule has 152 valence electrons. The summed E-state index contributed by atoms with van der Waals surface area (Å²) in [5.74, 6) is 0.418. The van der Waals surface area contributed by atoms with E-state index < -0.39 is 0 Å². The number of hydrogen-bond donors (Lipinski definition) is 2. The van der Waals surface area contributed by atoms with E-state index in [0.29, 0.717) is 0 Å². The summed E-state index contributed by atoms with van der Waals surface area (Å²) in [6.45, 7) is 0. The molecule has 1 heterocycles. The third-order valence-electron chi connectivity index (χ3n) is 5.70. The van der Waals surface area contributed by atoms with Crippen molar-refractivity contribution >= 4 is 22.9 Å². The Morgan fingerprint density at radius 2 is 1.93 bits per heavy atom. The quantitative estimate of drug-likeness (QED) is 0.457. The average molecular weight is 399 g/mol. The van der Waals surface area contributed by atoms with Crippen LogP contribution >= 0.6 is 0 Å². The lowest BCUT2D eigenvalue weighted by Crippen LogP contribution is -2.36.